The summed E-state index contributed by atoms with van der Waals surface area (Å²) >= 11 is 5.54. The molecule has 8 nitrogen and oxygen atoms in total. The molecule has 0 saturated heterocycles. The number of nitro groups is 1. The molecule has 0 aliphatic carbocycles. The van der Waals surface area contributed by atoms with Crippen LogP contribution in [-0.4, -0.2) is 22.4 Å². The van der Waals surface area contributed by atoms with Crippen molar-refractivity contribution in [2.24, 2.45) is 0 Å². The van der Waals surface area contributed by atoms with Gasteiger partial charge >= 0.3 is 0 Å². The quantitative estimate of drug-likeness (QED) is 0.0988. The molecule has 0 bridgehead atoms. The largest absolute Gasteiger partial charge is 0.490 e. The zero-order valence-electron chi connectivity index (χ0n) is 22.2. The van der Waals surface area contributed by atoms with Crippen LogP contribution in [0.15, 0.2) is 109 Å². The van der Waals surface area contributed by atoms with Crippen molar-refractivity contribution in [3.8, 4) is 11.5 Å². The zero-order chi connectivity index (χ0) is 28.8. The van der Waals surface area contributed by atoms with Crippen LogP contribution in [0.4, 0.5) is 5.69 Å². The van der Waals surface area contributed by atoms with E-state index >= 15 is 0 Å². The second-order valence-electron chi connectivity index (χ2n) is 9.20. The summed E-state index contributed by atoms with van der Waals surface area (Å²) in [6.07, 6.45) is 0. The number of nitrogens with one attached hydrogen (secondary N) is 2. The maximum atomic E-state index is 14.1. The number of hydrogen-bond acceptors (Lipinski definition) is 6. The Bertz CT molecular complexity index is 1610. The van der Waals surface area contributed by atoms with E-state index in [0.717, 1.165) is 11.1 Å². The van der Waals surface area contributed by atoms with E-state index in [9.17, 15) is 14.9 Å². The molecule has 9 heteroatoms. The molecule has 0 spiro atoms. The molecule has 5 rings (SSSR count). The van der Waals surface area contributed by atoms with Crippen molar-refractivity contribution in [3.63, 3.8) is 0 Å². The fourth-order valence-electron chi connectivity index (χ4n) is 4.69. The summed E-state index contributed by atoms with van der Waals surface area (Å²) in [7, 11) is 0. The van der Waals surface area contributed by atoms with E-state index in [1.165, 1.54) is 6.07 Å². The van der Waals surface area contributed by atoms with E-state index in [1.807, 2.05) is 73.7 Å². The van der Waals surface area contributed by atoms with Gasteiger partial charge in [0.25, 0.3) is 5.69 Å². The number of ketones is 1. The Labute approximate surface area is 242 Å². The number of hydrogen-bond donors (Lipinski definition) is 2. The highest BCUT2D eigenvalue weighted by Gasteiger charge is 2.37. The third-order valence-corrected chi connectivity index (χ3v) is 6.77. The highest BCUT2D eigenvalue weighted by Crippen LogP contribution is 2.42. The van der Waals surface area contributed by atoms with Crippen molar-refractivity contribution in [3.05, 3.63) is 141 Å². The Morgan fingerprint density at radius 3 is 2.15 bits per heavy atom. The van der Waals surface area contributed by atoms with Crippen molar-refractivity contribution in [2.75, 3.05) is 6.61 Å². The van der Waals surface area contributed by atoms with E-state index < -0.39 is 11.0 Å². The molecule has 0 fully saturated rings. The summed E-state index contributed by atoms with van der Waals surface area (Å²) in [4.78, 5) is 26.1. The molecule has 0 radical (unpaired) electrons. The average Bonchev–Trinajstić information content (AvgIpc) is 3.01. The van der Waals surface area contributed by atoms with E-state index in [0.29, 0.717) is 29.2 Å². The molecule has 1 aliphatic rings. The Kier molecular flexibility index (Phi) is 8.36. The first-order valence-electron chi connectivity index (χ1n) is 13.0. The summed E-state index contributed by atoms with van der Waals surface area (Å²) in [5.41, 5.74) is 2.82. The third-order valence-electron chi connectivity index (χ3n) is 6.55. The molecule has 41 heavy (non-hydrogen) atoms. The molecule has 0 unspecified atom stereocenters. The van der Waals surface area contributed by atoms with Crippen LogP contribution in [0.25, 0.3) is 5.70 Å². The van der Waals surface area contributed by atoms with Crippen LogP contribution in [0.3, 0.4) is 0 Å². The lowest BCUT2D eigenvalue weighted by atomic mass is 9.86. The van der Waals surface area contributed by atoms with Crippen LogP contribution in [0.5, 0.6) is 11.5 Å². The number of nitro benzene ring substituents is 1. The fourth-order valence-corrected chi connectivity index (χ4v) is 4.91. The lowest BCUT2D eigenvalue weighted by Gasteiger charge is -2.32. The van der Waals surface area contributed by atoms with Gasteiger partial charge in [-0.05, 0) is 36.3 Å². The van der Waals surface area contributed by atoms with E-state index in [2.05, 4.69) is 10.6 Å². The Morgan fingerprint density at radius 1 is 0.902 bits per heavy atom. The molecule has 1 aliphatic heterocycles. The predicted molar refractivity (Wildman–Crippen MR) is 161 cm³/mol. The summed E-state index contributed by atoms with van der Waals surface area (Å²) in [6, 6.07) is 29.5. The van der Waals surface area contributed by atoms with Crippen LogP contribution in [0.2, 0.25) is 0 Å². The van der Waals surface area contributed by atoms with Gasteiger partial charge in [-0.15, -0.1) is 0 Å². The summed E-state index contributed by atoms with van der Waals surface area (Å²) < 4.78 is 11.9. The smallest absolute Gasteiger partial charge is 0.279 e. The van der Waals surface area contributed by atoms with Gasteiger partial charge < -0.3 is 20.1 Å². The van der Waals surface area contributed by atoms with E-state index in [-0.39, 0.29) is 34.5 Å². The molecular formula is C32H27N3O5S. The summed E-state index contributed by atoms with van der Waals surface area (Å²) in [5, 5.41) is 18.9. The van der Waals surface area contributed by atoms with Crippen molar-refractivity contribution in [1.29, 1.82) is 0 Å². The van der Waals surface area contributed by atoms with Crippen molar-refractivity contribution in [2.45, 2.75) is 19.6 Å². The fraction of sp³-hybridized carbons (Fsp3) is 0.125. The minimum Gasteiger partial charge on any atom is -0.490 e. The number of nitrogens with zero attached hydrogens (tertiary/aromatic N) is 1. The molecular weight excluding hydrogens is 538 g/mol. The number of rotatable bonds is 10. The van der Waals surface area contributed by atoms with Gasteiger partial charge in [-0.25, -0.2) is 0 Å². The first-order chi connectivity index (χ1) is 20.0. The number of carbonyl (C=O) groups excluding carboxylic acids is 1. The molecule has 1 heterocycles. The minimum atomic E-state index is -0.950. The normalized spacial score (nSPS) is 14.6. The number of benzene rings is 4. The van der Waals surface area contributed by atoms with Gasteiger partial charge in [-0.2, -0.15) is 0 Å². The zero-order valence-corrected chi connectivity index (χ0v) is 23.0. The SMILES string of the molecule is CCOc1cc([C@@H]2NC(=S)NC(c3ccccc3)=C2C(=O)c2ccccc2)c([N+](=O)[O-])cc1OCc1ccccc1. The lowest BCUT2D eigenvalue weighted by molar-refractivity contribution is -0.385. The van der Waals surface area contributed by atoms with Crippen molar-refractivity contribution >= 4 is 34.5 Å². The highest BCUT2D eigenvalue weighted by molar-refractivity contribution is 7.80. The van der Waals surface area contributed by atoms with Gasteiger partial charge in [0.2, 0.25) is 0 Å². The molecule has 4 aromatic carbocycles. The minimum absolute atomic E-state index is 0.197. The van der Waals surface area contributed by atoms with Gasteiger partial charge in [0.05, 0.1) is 40.5 Å². The maximum absolute atomic E-state index is 14.1. The van der Waals surface area contributed by atoms with Crippen molar-refractivity contribution < 1.29 is 19.2 Å². The molecule has 0 amide bonds. The molecule has 206 valence electrons. The van der Waals surface area contributed by atoms with Crippen LogP contribution in [0.1, 0.15) is 40.0 Å². The highest BCUT2D eigenvalue weighted by atomic mass is 32.1. The van der Waals surface area contributed by atoms with Crippen molar-refractivity contribution in [1.82, 2.24) is 10.6 Å². The summed E-state index contributed by atoms with van der Waals surface area (Å²) in [5.74, 6) is 0.252. The second kappa shape index (κ2) is 12.4. The Hall–Kier alpha value is -5.02. The molecule has 0 saturated carbocycles. The van der Waals surface area contributed by atoms with Crippen LogP contribution in [0, 0.1) is 10.1 Å². The van der Waals surface area contributed by atoms with Gasteiger partial charge in [0.1, 0.15) is 6.61 Å². The average molecular weight is 566 g/mol. The van der Waals surface area contributed by atoms with Crippen LogP contribution in [-0.2, 0) is 6.61 Å². The van der Waals surface area contributed by atoms with Gasteiger partial charge in [0, 0.05) is 5.56 Å². The van der Waals surface area contributed by atoms with E-state index in [1.54, 1.807) is 30.3 Å². The van der Waals surface area contributed by atoms with E-state index in [4.69, 9.17) is 21.7 Å². The van der Waals surface area contributed by atoms with Gasteiger partial charge in [-0.3, -0.25) is 14.9 Å². The summed E-state index contributed by atoms with van der Waals surface area (Å²) in [6.45, 7) is 2.32. The van der Waals surface area contributed by atoms with Gasteiger partial charge in [0.15, 0.2) is 22.4 Å². The number of carbonyl (C=O) groups is 1. The molecule has 0 aromatic heterocycles. The van der Waals surface area contributed by atoms with Gasteiger partial charge in [-0.1, -0.05) is 91.0 Å². The number of ether oxygens (including phenoxy) is 2. The Balaban J connectivity index is 1.68. The standard InChI is InChI=1S/C32H27N3O5S/c1-2-39-26-18-24(25(35(37)38)19-27(26)40-20-21-12-6-3-7-13-21)30-28(31(36)23-16-10-5-11-17-23)29(33-32(41)34-30)22-14-8-4-9-15-22/h3-19,30H,2,20H2,1H3,(H2,33,34,41)/t30-/m0/s1. The second-order valence-corrected chi connectivity index (χ2v) is 9.61. The molecule has 2 N–H and O–H groups in total. The Morgan fingerprint density at radius 2 is 1.51 bits per heavy atom. The number of Topliss-reactive ketones (excluding diaryl/α,β-unsaturated/α-hetero) is 1. The monoisotopic (exact) mass is 565 g/mol. The third kappa shape index (κ3) is 6.10. The predicted octanol–water partition coefficient (Wildman–Crippen LogP) is 6.39. The first-order valence-corrected chi connectivity index (χ1v) is 13.5. The van der Waals surface area contributed by atoms with Crippen LogP contribution >= 0.6 is 12.2 Å². The first kappa shape index (κ1) is 27.5. The van der Waals surface area contributed by atoms with Crippen LogP contribution < -0.4 is 20.1 Å². The topological polar surface area (TPSA) is 103 Å². The maximum Gasteiger partial charge on any atom is 0.279 e. The molecule has 1 atom stereocenters. The molecule has 4 aromatic rings. The lowest BCUT2D eigenvalue weighted by Crippen LogP contribution is -2.45. The number of thiocarbonyl (C=S) groups is 1.